The highest BCUT2D eigenvalue weighted by Gasteiger charge is 2.55. The third-order valence-corrected chi connectivity index (χ3v) is 5.87. The van der Waals surface area contributed by atoms with Crippen molar-refractivity contribution in [3.63, 3.8) is 0 Å². The highest BCUT2D eigenvalue weighted by molar-refractivity contribution is 6.34. The summed E-state index contributed by atoms with van der Waals surface area (Å²) in [5.41, 5.74) is -0.626. The molecule has 0 aliphatic carbocycles. The number of hydrogen-bond donors (Lipinski definition) is 4. The van der Waals surface area contributed by atoms with E-state index in [4.69, 9.17) is 51.8 Å². The van der Waals surface area contributed by atoms with Crippen LogP contribution in [0.1, 0.15) is 25.8 Å². The Hall–Kier alpha value is -1.71. The predicted molar refractivity (Wildman–Crippen MR) is 127 cm³/mol. The average Bonchev–Trinajstić information content (AvgIpc) is 2.71. The molecule has 0 aromatic heterocycles. The molecule has 1 amide bonds. The number of alkyl halides is 4. The number of benzene rings is 1. The molecular weight excluding hydrogens is 525 g/mol. The summed E-state index contributed by atoms with van der Waals surface area (Å²) in [6, 6.07) is 3.07. The molecule has 5 nitrogen and oxygen atoms in total. The van der Waals surface area contributed by atoms with Gasteiger partial charge in [0.05, 0.1) is 16.1 Å². The third kappa shape index (κ3) is 7.93. The maximum absolute atomic E-state index is 13.8. The molecule has 0 bridgehead atoms. The molecule has 33 heavy (non-hydrogen) atoms. The molecule has 1 atom stereocenters. The second-order valence-corrected chi connectivity index (χ2v) is 9.16. The fourth-order valence-corrected chi connectivity index (χ4v) is 3.08. The molecule has 1 unspecified atom stereocenters. The zero-order valence-corrected chi connectivity index (χ0v) is 20.6. The van der Waals surface area contributed by atoms with Crippen molar-refractivity contribution in [1.29, 1.82) is 5.41 Å². The molecule has 0 radical (unpaired) electrons. The molecule has 0 aliphatic rings. The Morgan fingerprint density at radius 1 is 1.15 bits per heavy atom. The Morgan fingerprint density at radius 2 is 1.70 bits per heavy atom. The molecule has 12 heteroatoms. The molecule has 1 aromatic rings. The molecule has 182 valence electrons. The number of hydrogen-bond acceptors (Lipinski definition) is 4. The van der Waals surface area contributed by atoms with Crippen molar-refractivity contribution >= 4 is 58.0 Å². The van der Waals surface area contributed by atoms with E-state index in [2.05, 4.69) is 17.4 Å². The number of aliphatic hydroxyl groups is 1. The van der Waals surface area contributed by atoms with E-state index in [-0.39, 0.29) is 26.7 Å². The normalized spacial score (nSPS) is 15.0. The fraction of sp³-hybridized carbons (Fsp3) is 0.333. The van der Waals surface area contributed by atoms with Gasteiger partial charge < -0.3 is 10.5 Å². The first-order valence-corrected chi connectivity index (χ1v) is 10.9. The van der Waals surface area contributed by atoms with Crippen molar-refractivity contribution in [3.05, 3.63) is 69.3 Å². The van der Waals surface area contributed by atoms with Gasteiger partial charge in [0.1, 0.15) is 0 Å². The number of allylic oxidation sites excluding steroid dienone is 4. The maximum atomic E-state index is 13.8. The first-order chi connectivity index (χ1) is 15.1. The topological polar surface area (TPSA) is 85.2 Å². The van der Waals surface area contributed by atoms with Crippen LogP contribution in [0.5, 0.6) is 0 Å². The average molecular weight is 547 g/mol. The minimum Gasteiger partial charge on any atom is -0.376 e. The van der Waals surface area contributed by atoms with Crippen LogP contribution in [-0.4, -0.2) is 28.8 Å². The van der Waals surface area contributed by atoms with E-state index >= 15 is 0 Å². The molecule has 0 aliphatic heterocycles. The van der Waals surface area contributed by atoms with Gasteiger partial charge >= 0.3 is 6.18 Å². The summed E-state index contributed by atoms with van der Waals surface area (Å²) in [5, 5.41) is 18.3. The molecular formula is C21H22Cl4F3N3O2. The number of nitrogens with one attached hydrogen (secondary N) is 3. The van der Waals surface area contributed by atoms with Crippen LogP contribution in [0.2, 0.25) is 10.0 Å². The summed E-state index contributed by atoms with van der Waals surface area (Å²) in [7, 11) is 0. The van der Waals surface area contributed by atoms with Gasteiger partial charge in [0, 0.05) is 28.1 Å². The van der Waals surface area contributed by atoms with E-state index in [0.717, 1.165) is 24.3 Å². The van der Waals surface area contributed by atoms with Gasteiger partial charge in [0.25, 0.3) is 0 Å². The quantitative estimate of drug-likeness (QED) is 0.121. The van der Waals surface area contributed by atoms with E-state index in [0.29, 0.717) is 0 Å². The van der Waals surface area contributed by atoms with E-state index < -0.39 is 40.8 Å². The fourth-order valence-electron chi connectivity index (χ4n) is 2.32. The number of carbonyl (C=O) groups excluding carboxylic acids is 1. The van der Waals surface area contributed by atoms with Gasteiger partial charge in [-0.2, -0.15) is 13.2 Å². The Labute approximate surface area is 209 Å². The Balaban J connectivity index is 3.16. The van der Waals surface area contributed by atoms with Gasteiger partial charge in [0.2, 0.25) is 5.91 Å². The molecule has 0 heterocycles. The number of amides is 1. The third-order valence-electron chi connectivity index (χ3n) is 4.40. The molecule has 0 saturated heterocycles. The standard InChI is InChI=1S/C21H22Cl4F3N3O2/c1-4-16(25)17(30-31-18(32)19(2,3)11-22)6-5-15(29)10-20(33,21(26,27)28)12-7-13(23)9-14(24)8-12/h4-9,29-30,33H,1,10-11H2,2-3H3,(H,31,32)/b6-5+,17-16-,29-15?. The second kappa shape index (κ2) is 11.6. The lowest BCUT2D eigenvalue weighted by atomic mass is 9.87. The van der Waals surface area contributed by atoms with Gasteiger partial charge in [-0.1, -0.05) is 41.4 Å². The summed E-state index contributed by atoms with van der Waals surface area (Å²) in [6.45, 7) is 6.68. The monoisotopic (exact) mass is 545 g/mol. The molecule has 0 fully saturated rings. The lowest BCUT2D eigenvalue weighted by Crippen LogP contribution is -2.45. The van der Waals surface area contributed by atoms with Crippen molar-refractivity contribution in [3.8, 4) is 0 Å². The number of rotatable bonds is 10. The highest BCUT2D eigenvalue weighted by atomic mass is 35.5. The minimum absolute atomic E-state index is 0.00994. The molecule has 1 rings (SSSR count). The summed E-state index contributed by atoms with van der Waals surface area (Å²) in [5.74, 6) is -0.449. The summed E-state index contributed by atoms with van der Waals surface area (Å²) >= 11 is 23.3. The first kappa shape index (κ1) is 29.3. The number of carbonyl (C=O) groups is 1. The highest BCUT2D eigenvalue weighted by Crippen LogP contribution is 2.43. The smallest absolute Gasteiger partial charge is 0.376 e. The first-order valence-electron chi connectivity index (χ1n) is 9.23. The lowest BCUT2D eigenvalue weighted by Gasteiger charge is -2.31. The van der Waals surface area contributed by atoms with Crippen LogP contribution >= 0.6 is 46.4 Å². The Bertz CT molecular complexity index is 958. The SMILES string of the molecule is C=C/C(Cl)=C(\C=C\C(=N)CC(O)(c1cc(Cl)cc(Cl)c1)C(F)(F)F)NNC(=O)C(C)(C)CCl. The Morgan fingerprint density at radius 3 is 2.15 bits per heavy atom. The van der Waals surface area contributed by atoms with Crippen molar-refractivity contribution < 1.29 is 23.1 Å². The van der Waals surface area contributed by atoms with Crippen LogP contribution in [0, 0.1) is 10.8 Å². The largest absolute Gasteiger partial charge is 0.421 e. The van der Waals surface area contributed by atoms with Crippen molar-refractivity contribution in [2.75, 3.05) is 5.88 Å². The van der Waals surface area contributed by atoms with Gasteiger partial charge in [-0.3, -0.25) is 15.6 Å². The van der Waals surface area contributed by atoms with Gasteiger partial charge in [0.15, 0.2) is 5.60 Å². The van der Waals surface area contributed by atoms with E-state index in [1.54, 1.807) is 13.8 Å². The lowest BCUT2D eigenvalue weighted by molar-refractivity contribution is -0.263. The van der Waals surface area contributed by atoms with Crippen LogP contribution in [0.3, 0.4) is 0 Å². The maximum Gasteiger partial charge on any atom is 0.421 e. The Kier molecular flexibility index (Phi) is 10.3. The molecule has 1 aromatic carbocycles. The van der Waals surface area contributed by atoms with Crippen molar-refractivity contribution in [2.24, 2.45) is 5.41 Å². The van der Waals surface area contributed by atoms with Gasteiger partial charge in [-0.15, -0.1) is 11.6 Å². The molecule has 4 N–H and O–H groups in total. The van der Waals surface area contributed by atoms with Crippen LogP contribution < -0.4 is 10.9 Å². The number of hydrazine groups is 1. The zero-order chi connectivity index (χ0) is 25.6. The predicted octanol–water partition coefficient (Wildman–Crippen LogP) is 6.23. The van der Waals surface area contributed by atoms with E-state index in [9.17, 15) is 23.1 Å². The van der Waals surface area contributed by atoms with Crippen LogP contribution in [0.25, 0.3) is 0 Å². The zero-order valence-electron chi connectivity index (χ0n) is 17.6. The van der Waals surface area contributed by atoms with Crippen LogP contribution in [0.4, 0.5) is 13.2 Å². The van der Waals surface area contributed by atoms with Crippen LogP contribution in [0.15, 0.2) is 53.7 Å². The van der Waals surface area contributed by atoms with E-state index in [1.165, 1.54) is 12.1 Å². The second-order valence-electron chi connectivity index (χ2n) is 7.61. The molecule has 0 saturated carbocycles. The summed E-state index contributed by atoms with van der Waals surface area (Å²) < 4.78 is 41.3. The van der Waals surface area contributed by atoms with Gasteiger partial charge in [-0.05, 0) is 55.8 Å². The van der Waals surface area contributed by atoms with Crippen LogP contribution in [-0.2, 0) is 10.4 Å². The van der Waals surface area contributed by atoms with E-state index in [1.807, 2.05) is 0 Å². The number of halogens is 7. The summed E-state index contributed by atoms with van der Waals surface area (Å²) in [6.07, 6.45) is -2.93. The van der Waals surface area contributed by atoms with Gasteiger partial charge in [-0.25, -0.2) is 0 Å². The molecule has 0 spiro atoms. The van der Waals surface area contributed by atoms with Crippen molar-refractivity contribution in [1.82, 2.24) is 10.9 Å². The summed E-state index contributed by atoms with van der Waals surface area (Å²) in [4.78, 5) is 12.2. The minimum atomic E-state index is -5.14. The van der Waals surface area contributed by atoms with Crippen molar-refractivity contribution in [2.45, 2.75) is 32.0 Å².